The Kier molecular flexibility index (Phi) is 3.52. The minimum absolute atomic E-state index is 0.295. The number of primary amides is 1. The molecular formula is C22H15FN4O. The van der Waals surface area contributed by atoms with Crippen LogP contribution < -0.4 is 5.73 Å². The molecular weight excluding hydrogens is 355 g/mol. The molecule has 3 aromatic carbocycles. The first-order valence-electron chi connectivity index (χ1n) is 8.77. The fourth-order valence-electron chi connectivity index (χ4n) is 3.57. The van der Waals surface area contributed by atoms with E-state index < -0.39 is 5.91 Å². The molecule has 5 nitrogen and oxygen atoms in total. The highest BCUT2D eigenvalue weighted by molar-refractivity contribution is 6.07. The number of hydrogen-bond donors (Lipinski definition) is 3. The largest absolute Gasteiger partial charge is 0.366 e. The Balaban J connectivity index is 1.82. The van der Waals surface area contributed by atoms with E-state index in [2.05, 4.69) is 15.0 Å². The van der Waals surface area contributed by atoms with Gasteiger partial charge in [0.1, 0.15) is 17.2 Å². The molecule has 1 amide bonds. The van der Waals surface area contributed by atoms with Crippen molar-refractivity contribution in [3.8, 4) is 22.6 Å². The number of H-pyrrole nitrogens is 2. The number of rotatable bonds is 3. The summed E-state index contributed by atoms with van der Waals surface area (Å²) in [7, 11) is 0. The summed E-state index contributed by atoms with van der Waals surface area (Å²) in [6.07, 6.45) is 0. The number of nitrogens with two attached hydrogens (primary N) is 1. The number of amides is 1. The van der Waals surface area contributed by atoms with Crippen molar-refractivity contribution in [1.82, 2.24) is 15.0 Å². The van der Waals surface area contributed by atoms with E-state index >= 15 is 0 Å². The van der Waals surface area contributed by atoms with Crippen LogP contribution in [0.25, 0.3) is 44.6 Å². The number of nitrogens with one attached hydrogen (secondary N) is 2. The number of hydrogen-bond acceptors (Lipinski definition) is 2. The van der Waals surface area contributed by atoms with Crippen LogP contribution in [0.4, 0.5) is 4.39 Å². The van der Waals surface area contributed by atoms with Crippen LogP contribution in [-0.4, -0.2) is 20.9 Å². The van der Waals surface area contributed by atoms with Gasteiger partial charge in [0.2, 0.25) is 0 Å². The molecule has 0 radical (unpaired) electrons. The monoisotopic (exact) mass is 370 g/mol. The third-order valence-corrected chi connectivity index (χ3v) is 4.85. The number of carbonyl (C=O) groups excluding carboxylic acids is 1. The van der Waals surface area contributed by atoms with Gasteiger partial charge < -0.3 is 15.7 Å². The Morgan fingerprint density at radius 2 is 1.64 bits per heavy atom. The van der Waals surface area contributed by atoms with Gasteiger partial charge >= 0.3 is 0 Å². The maximum Gasteiger partial charge on any atom is 0.250 e. The van der Waals surface area contributed by atoms with E-state index in [1.165, 1.54) is 12.1 Å². The van der Waals surface area contributed by atoms with Crippen molar-refractivity contribution in [2.75, 3.05) is 0 Å². The number of halogens is 1. The molecule has 136 valence electrons. The Hall–Kier alpha value is -3.93. The highest BCUT2D eigenvalue weighted by Crippen LogP contribution is 2.38. The number of imidazole rings is 1. The van der Waals surface area contributed by atoms with E-state index in [4.69, 9.17) is 5.73 Å². The molecule has 28 heavy (non-hydrogen) atoms. The predicted molar refractivity (Wildman–Crippen MR) is 107 cm³/mol. The van der Waals surface area contributed by atoms with E-state index in [0.29, 0.717) is 16.9 Å². The van der Waals surface area contributed by atoms with Gasteiger partial charge in [-0.05, 0) is 48.0 Å². The van der Waals surface area contributed by atoms with Crippen molar-refractivity contribution >= 4 is 27.8 Å². The van der Waals surface area contributed by atoms with Gasteiger partial charge in [0.05, 0.1) is 22.3 Å². The van der Waals surface area contributed by atoms with Crippen LogP contribution >= 0.6 is 0 Å². The van der Waals surface area contributed by atoms with Crippen LogP contribution in [0.2, 0.25) is 0 Å². The van der Waals surface area contributed by atoms with Crippen molar-refractivity contribution in [3.05, 3.63) is 78.1 Å². The standard InChI is InChI=1S/C22H15FN4O/c23-13-10-8-12(9-11-13)19-18(14-4-1-2-6-16(14)25-19)22-26-17-7-3-5-15(21(24)28)20(17)27-22/h1-11,25H,(H2,24,28)(H,26,27). The smallest absolute Gasteiger partial charge is 0.250 e. The van der Waals surface area contributed by atoms with E-state index in [0.717, 1.165) is 33.2 Å². The number of nitrogens with zero attached hydrogens (tertiary/aromatic N) is 1. The van der Waals surface area contributed by atoms with Gasteiger partial charge in [0, 0.05) is 10.9 Å². The molecule has 2 aromatic heterocycles. The number of carbonyl (C=O) groups is 1. The first kappa shape index (κ1) is 16.3. The van der Waals surface area contributed by atoms with Crippen LogP contribution in [0.3, 0.4) is 0 Å². The Morgan fingerprint density at radius 3 is 2.43 bits per heavy atom. The van der Waals surface area contributed by atoms with Gasteiger partial charge in [-0.3, -0.25) is 4.79 Å². The number of aromatic amines is 2. The van der Waals surface area contributed by atoms with E-state index in [-0.39, 0.29) is 5.82 Å². The lowest BCUT2D eigenvalue weighted by Gasteiger charge is -2.03. The normalized spacial score (nSPS) is 11.3. The zero-order valence-corrected chi connectivity index (χ0v) is 14.7. The highest BCUT2D eigenvalue weighted by atomic mass is 19.1. The minimum atomic E-state index is -0.527. The summed E-state index contributed by atoms with van der Waals surface area (Å²) in [4.78, 5) is 23.1. The summed E-state index contributed by atoms with van der Waals surface area (Å²) in [5.41, 5.74) is 10.6. The van der Waals surface area contributed by atoms with Crippen molar-refractivity contribution < 1.29 is 9.18 Å². The zero-order chi connectivity index (χ0) is 19.3. The lowest BCUT2D eigenvalue weighted by atomic mass is 10.0. The van der Waals surface area contributed by atoms with E-state index in [9.17, 15) is 9.18 Å². The fraction of sp³-hybridized carbons (Fsp3) is 0. The number of fused-ring (bicyclic) bond motifs is 2. The predicted octanol–water partition coefficient (Wildman–Crippen LogP) is 4.62. The van der Waals surface area contributed by atoms with Gasteiger partial charge in [-0.1, -0.05) is 24.3 Å². The molecule has 0 aliphatic carbocycles. The number of benzene rings is 3. The molecule has 0 saturated carbocycles. The topological polar surface area (TPSA) is 87.6 Å². The van der Waals surface area contributed by atoms with E-state index in [1.807, 2.05) is 30.3 Å². The average Bonchev–Trinajstić information content (AvgIpc) is 3.29. The first-order chi connectivity index (χ1) is 13.6. The third kappa shape index (κ3) is 2.46. The second-order valence-electron chi connectivity index (χ2n) is 6.58. The van der Waals surface area contributed by atoms with Gasteiger partial charge in [-0.15, -0.1) is 0 Å². The first-order valence-corrected chi connectivity index (χ1v) is 8.77. The zero-order valence-electron chi connectivity index (χ0n) is 14.7. The van der Waals surface area contributed by atoms with Gasteiger partial charge in [-0.25, -0.2) is 9.37 Å². The highest BCUT2D eigenvalue weighted by Gasteiger charge is 2.19. The molecule has 4 N–H and O–H groups in total. The molecule has 6 heteroatoms. The molecule has 0 fully saturated rings. The molecule has 0 aliphatic heterocycles. The molecule has 5 rings (SSSR count). The summed E-state index contributed by atoms with van der Waals surface area (Å²) < 4.78 is 13.4. The van der Waals surface area contributed by atoms with Crippen molar-refractivity contribution in [3.63, 3.8) is 0 Å². The molecule has 0 bridgehead atoms. The maximum atomic E-state index is 13.4. The summed E-state index contributed by atoms with van der Waals surface area (Å²) in [6, 6.07) is 19.4. The van der Waals surface area contributed by atoms with Crippen molar-refractivity contribution in [1.29, 1.82) is 0 Å². The van der Waals surface area contributed by atoms with Crippen molar-refractivity contribution in [2.45, 2.75) is 0 Å². The Bertz CT molecular complexity index is 1350. The number of aromatic nitrogens is 3. The molecule has 0 unspecified atom stereocenters. The lowest BCUT2D eigenvalue weighted by molar-refractivity contribution is 0.100. The van der Waals surface area contributed by atoms with Crippen LogP contribution in [0.1, 0.15) is 10.4 Å². The van der Waals surface area contributed by atoms with Gasteiger partial charge in [0.25, 0.3) is 5.91 Å². The van der Waals surface area contributed by atoms with Crippen LogP contribution in [0, 0.1) is 5.82 Å². The summed E-state index contributed by atoms with van der Waals surface area (Å²) in [5, 5.41) is 0.974. The van der Waals surface area contributed by atoms with Gasteiger partial charge in [-0.2, -0.15) is 0 Å². The van der Waals surface area contributed by atoms with E-state index in [1.54, 1.807) is 24.3 Å². The Labute approximate surface area is 159 Å². The van der Waals surface area contributed by atoms with Crippen LogP contribution in [0.5, 0.6) is 0 Å². The molecule has 0 atom stereocenters. The second-order valence-corrected chi connectivity index (χ2v) is 6.58. The molecule has 2 heterocycles. The quantitative estimate of drug-likeness (QED) is 0.433. The lowest BCUT2D eigenvalue weighted by Crippen LogP contribution is -2.11. The van der Waals surface area contributed by atoms with Crippen LogP contribution in [0.15, 0.2) is 66.7 Å². The summed E-state index contributed by atoms with van der Waals surface area (Å²) in [5.74, 6) is -0.210. The number of para-hydroxylation sites is 2. The fourth-order valence-corrected chi connectivity index (χ4v) is 3.57. The van der Waals surface area contributed by atoms with Crippen molar-refractivity contribution in [2.24, 2.45) is 5.73 Å². The Morgan fingerprint density at radius 1 is 0.893 bits per heavy atom. The van der Waals surface area contributed by atoms with Crippen LogP contribution in [-0.2, 0) is 0 Å². The average molecular weight is 370 g/mol. The molecule has 5 aromatic rings. The minimum Gasteiger partial charge on any atom is -0.366 e. The summed E-state index contributed by atoms with van der Waals surface area (Å²) in [6.45, 7) is 0. The maximum absolute atomic E-state index is 13.4. The molecule has 0 saturated heterocycles. The summed E-state index contributed by atoms with van der Waals surface area (Å²) >= 11 is 0. The third-order valence-electron chi connectivity index (χ3n) is 4.85. The molecule has 0 spiro atoms. The van der Waals surface area contributed by atoms with Gasteiger partial charge in [0.15, 0.2) is 0 Å². The molecule has 0 aliphatic rings. The second kappa shape index (κ2) is 6.06. The SMILES string of the molecule is NC(=O)c1cccc2[nH]c(-c3c(-c4ccc(F)cc4)[nH]c4ccccc34)nc12.